The Balaban J connectivity index is 1.80. The minimum Gasteiger partial charge on any atom is -0.497 e. The third-order valence-corrected chi connectivity index (χ3v) is 3.35. The van der Waals surface area contributed by atoms with Gasteiger partial charge in [-0.1, -0.05) is 35.9 Å². The van der Waals surface area contributed by atoms with Crippen molar-refractivity contribution in [2.45, 2.75) is 0 Å². The fraction of sp³-hybridized carbons (Fsp3) is 0.111. The molecule has 0 radical (unpaired) electrons. The maximum absolute atomic E-state index is 11.7. The number of halogens is 1. The monoisotopic (exact) mass is 345 g/mol. The molecule has 0 fully saturated rings. The van der Waals surface area contributed by atoms with Gasteiger partial charge in [-0.15, -0.1) is 0 Å². The van der Waals surface area contributed by atoms with Gasteiger partial charge < -0.3 is 14.8 Å². The van der Waals surface area contributed by atoms with Crippen LogP contribution < -0.4 is 10.1 Å². The summed E-state index contributed by atoms with van der Waals surface area (Å²) in [5.74, 6) is -0.347. The number of nitrogens with one attached hydrogen (secondary N) is 1. The molecule has 0 atom stereocenters. The summed E-state index contributed by atoms with van der Waals surface area (Å²) in [5.41, 5.74) is 1.28. The normalized spacial score (nSPS) is 10.4. The van der Waals surface area contributed by atoms with Crippen LogP contribution in [0.25, 0.3) is 6.08 Å². The zero-order valence-corrected chi connectivity index (χ0v) is 13.7. The SMILES string of the molecule is COc1ccc(C=CC(=O)OCC(=O)Nc2ccccc2Cl)cc1. The first kappa shape index (κ1) is 17.6. The summed E-state index contributed by atoms with van der Waals surface area (Å²) in [5, 5.41) is 2.98. The second-order valence-corrected chi connectivity index (χ2v) is 5.15. The number of esters is 1. The number of amides is 1. The van der Waals surface area contributed by atoms with Gasteiger partial charge in [0.2, 0.25) is 0 Å². The highest BCUT2D eigenvalue weighted by atomic mass is 35.5. The number of anilines is 1. The molecule has 1 N–H and O–H groups in total. The van der Waals surface area contributed by atoms with E-state index in [1.807, 2.05) is 0 Å². The van der Waals surface area contributed by atoms with Crippen LogP contribution in [0.5, 0.6) is 5.75 Å². The van der Waals surface area contributed by atoms with E-state index in [1.54, 1.807) is 61.7 Å². The number of ether oxygens (including phenoxy) is 2. The van der Waals surface area contributed by atoms with Crippen molar-refractivity contribution in [3.8, 4) is 5.75 Å². The van der Waals surface area contributed by atoms with Gasteiger partial charge in [0.05, 0.1) is 17.8 Å². The highest BCUT2D eigenvalue weighted by Crippen LogP contribution is 2.20. The fourth-order valence-electron chi connectivity index (χ4n) is 1.81. The first-order valence-electron chi connectivity index (χ1n) is 7.12. The Hall–Kier alpha value is -2.79. The molecular formula is C18H16ClNO4. The topological polar surface area (TPSA) is 64.6 Å². The van der Waals surface area contributed by atoms with Crippen LogP contribution in [0.4, 0.5) is 5.69 Å². The highest BCUT2D eigenvalue weighted by molar-refractivity contribution is 6.33. The van der Waals surface area contributed by atoms with Gasteiger partial charge in [0, 0.05) is 6.08 Å². The molecule has 0 saturated heterocycles. The Morgan fingerprint density at radius 2 is 1.83 bits per heavy atom. The molecule has 6 heteroatoms. The Labute approximate surface area is 144 Å². The molecule has 0 heterocycles. The smallest absolute Gasteiger partial charge is 0.331 e. The predicted octanol–water partition coefficient (Wildman–Crippen LogP) is 3.54. The van der Waals surface area contributed by atoms with Crippen LogP contribution in [0.2, 0.25) is 5.02 Å². The van der Waals surface area contributed by atoms with Gasteiger partial charge in [0.25, 0.3) is 5.91 Å². The van der Waals surface area contributed by atoms with E-state index in [2.05, 4.69) is 5.32 Å². The summed E-state index contributed by atoms with van der Waals surface area (Å²) in [6, 6.07) is 14.0. The van der Waals surface area contributed by atoms with E-state index < -0.39 is 18.5 Å². The quantitative estimate of drug-likeness (QED) is 0.642. The van der Waals surface area contributed by atoms with E-state index in [-0.39, 0.29) is 0 Å². The van der Waals surface area contributed by atoms with E-state index in [0.717, 1.165) is 11.3 Å². The summed E-state index contributed by atoms with van der Waals surface area (Å²) in [7, 11) is 1.58. The summed E-state index contributed by atoms with van der Waals surface area (Å²) in [6.07, 6.45) is 2.85. The van der Waals surface area contributed by atoms with E-state index in [4.69, 9.17) is 21.1 Å². The molecule has 0 spiro atoms. The zero-order valence-electron chi connectivity index (χ0n) is 13.0. The lowest BCUT2D eigenvalue weighted by molar-refractivity contribution is -0.142. The van der Waals surface area contributed by atoms with Crippen LogP contribution in [0, 0.1) is 0 Å². The molecule has 0 bridgehead atoms. The van der Waals surface area contributed by atoms with E-state index in [0.29, 0.717) is 10.7 Å². The minimum atomic E-state index is -0.611. The van der Waals surface area contributed by atoms with E-state index in [1.165, 1.54) is 6.08 Å². The van der Waals surface area contributed by atoms with Gasteiger partial charge in [0.1, 0.15) is 5.75 Å². The van der Waals surface area contributed by atoms with Gasteiger partial charge in [-0.3, -0.25) is 4.79 Å². The first-order valence-corrected chi connectivity index (χ1v) is 7.49. The largest absolute Gasteiger partial charge is 0.497 e. The van der Waals surface area contributed by atoms with E-state index in [9.17, 15) is 9.59 Å². The van der Waals surface area contributed by atoms with Gasteiger partial charge in [0.15, 0.2) is 6.61 Å². The second kappa shape index (κ2) is 8.74. The van der Waals surface area contributed by atoms with Crippen LogP contribution in [0.15, 0.2) is 54.6 Å². The summed E-state index contributed by atoms with van der Waals surface area (Å²) in [6.45, 7) is -0.392. The average molecular weight is 346 g/mol. The number of hydrogen-bond donors (Lipinski definition) is 1. The third-order valence-electron chi connectivity index (χ3n) is 3.02. The number of hydrogen-bond acceptors (Lipinski definition) is 4. The van der Waals surface area contributed by atoms with Gasteiger partial charge >= 0.3 is 5.97 Å². The van der Waals surface area contributed by atoms with Crippen molar-refractivity contribution in [2.75, 3.05) is 19.0 Å². The molecule has 2 rings (SSSR count). The molecule has 1 amide bonds. The Kier molecular flexibility index (Phi) is 6.40. The maximum Gasteiger partial charge on any atom is 0.331 e. The molecule has 24 heavy (non-hydrogen) atoms. The van der Waals surface area contributed by atoms with Gasteiger partial charge in [-0.05, 0) is 35.9 Å². The number of methoxy groups -OCH3 is 1. The number of carbonyl (C=O) groups excluding carboxylic acids is 2. The lowest BCUT2D eigenvalue weighted by Gasteiger charge is -2.06. The van der Waals surface area contributed by atoms with Crippen LogP contribution in [-0.4, -0.2) is 25.6 Å². The number of carbonyl (C=O) groups is 2. The Bertz CT molecular complexity index is 741. The molecular weight excluding hydrogens is 330 g/mol. The Morgan fingerprint density at radius 3 is 2.50 bits per heavy atom. The molecule has 0 unspecified atom stereocenters. The second-order valence-electron chi connectivity index (χ2n) is 4.74. The van der Waals surface area contributed by atoms with Crippen molar-refractivity contribution < 1.29 is 19.1 Å². The third kappa shape index (κ3) is 5.44. The summed E-state index contributed by atoms with van der Waals surface area (Å²) >= 11 is 5.93. The van der Waals surface area contributed by atoms with Crippen molar-refractivity contribution in [3.63, 3.8) is 0 Å². The first-order chi connectivity index (χ1) is 11.6. The molecule has 5 nitrogen and oxygen atoms in total. The van der Waals surface area contributed by atoms with Crippen LogP contribution >= 0.6 is 11.6 Å². The van der Waals surface area contributed by atoms with E-state index >= 15 is 0 Å². The average Bonchev–Trinajstić information content (AvgIpc) is 2.60. The van der Waals surface area contributed by atoms with Crippen LogP contribution in [0.3, 0.4) is 0 Å². The lowest BCUT2D eigenvalue weighted by Crippen LogP contribution is -2.20. The van der Waals surface area contributed by atoms with Gasteiger partial charge in [-0.25, -0.2) is 4.79 Å². The maximum atomic E-state index is 11.7. The lowest BCUT2D eigenvalue weighted by atomic mass is 10.2. The number of benzene rings is 2. The fourth-order valence-corrected chi connectivity index (χ4v) is 2.00. The van der Waals surface area contributed by atoms with Crippen molar-refractivity contribution in [2.24, 2.45) is 0 Å². The van der Waals surface area contributed by atoms with Crippen molar-refractivity contribution in [1.82, 2.24) is 0 Å². The molecule has 0 aromatic heterocycles. The highest BCUT2D eigenvalue weighted by Gasteiger charge is 2.07. The molecule has 0 aliphatic heterocycles. The van der Waals surface area contributed by atoms with Crippen molar-refractivity contribution in [1.29, 1.82) is 0 Å². The van der Waals surface area contributed by atoms with Gasteiger partial charge in [-0.2, -0.15) is 0 Å². The van der Waals surface area contributed by atoms with Crippen LogP contribution in [-0.2, 0) is 14.3 Å². The molecule has 0 aliphatic carbocycles. The van der Waals surface area contributed by atoms with Crippen LogP contribution in [0.1, 0.15) is 5.56 Å². The molecule has 2 aromatic carbocycles. The minimum absolute atomic E-state index is 0.392. The number of rotatable bonds is 6. The molecule has 2 aromatic rings. The summed E-state index contributed by atoms with van der Waals surface area (Å²) < 4.78 is 9.92. The summed E-state index contributed by atoms with van der Waals surface area (Å²) in [4.78, 5) is 23.4. The molecule has 0 aliphatic rings. The predicted molar refractivity (Wildman–Crippen MR) is 93.1 cm³/mol. The van der Waals surface area contributed by atoms with Crippen molar-refractivity contribution >= 4 is 35.2 Å². The Morgan fingerprint density at radius 1 is 1.12 bits per heavy atom. The number of para-hydroxylation sites is 1. The molecule has 124 valence electrons. The zero-order chi connectivity index (χ0) is 17.4. The van der Waals surface area contributed by atoms with Crippen molar-refractivity contribution in [3.05, 3.63) is 65.2 Å². The molecule has 0 saturated carbocycles. The standard InChI is InChI=1S/C18H16ClNO4/c1-23-14-9-6-13(7-10-14)8-11-18(22)24-12-17(21)20-16-5-3-2-4-15(16)19/h2-11H,12H2,1H3,(H,20,21).